The van der Waals surface area contributed by atoms with Crippen molar-refractivity contribution in [1.82, 2.24) is 19.8 Å². The number of carbonyl (C=O) groups excluding carboxylic acids is 1. The molecular weight excluding hydrogens is 322 g/mol. The Balaban J connectivity index is 1.62. The third-order valence-electron chi connectivity index (χ3n) is 3.84. The van der Waals surface area contributed by atoms with Gasteiger partial charge in [-0.3, -0.25) is 4.79 Å². The molecule has 0 radical (unpaired) electrons. The van der Waals surface area contributed by atoms with Crippen LogP contribution in [-0.4, -0.2) is 33.0 Å². The van der Waals surface area contributed by atoms with E-state index in [0.717, 1.165) is 24.6 Å². The van der Waals surface area contributed by atoms with Crippen LogP contribution in [0.25, 0.3) is 0 Å². The van der Waals surface area contributed by atoms with Gasteiger partial charge in [0, 0.05) is 36.6 Å². The van der Waals surface area contributed by atoms with Crippen molar-refractivity contribution < 1.29 is 13.6 Å². The molecule has 1 amide bonds. The second-order valence-electron chi connectivity index (χ2n) is 5.47. The van der Waals surface area contributed by atoms with Crippen molar-refractivity contribution in [2.45, 2.75) is 32.0 Å². The van der Waals surface area contributed by atoms with Crippen LogP contribution in [0.5, 0.6) is 0 Å². The Labute approximate surface area is 136 Å². The van der Waals surface area contributed by atoms with Gasteiger partial charge in [0.25, 0.3) is 0 Å². The summed E-state index contributed by atoms with van der Waals surface area (Å²) < 4.78 is 30.5. The number of likely N-dealkylation sites (tertiary alicyclic amines) is 1. The number of piperidine rings is 1. The molecule has 0 aliphatic carbocycles. The van der Waals surface area contributed by atoms with Gasteiger partial charge in [0.05, 0.1) is 11.7 Å². The number of hydrogen-bond acceptors (Lipinski definition) is 5. The molecule has 2 heterocycles. The molecule has 8 heteroatoms. The molecule has 1 aromatic carbocycles. The first-order valence-electron chi connectivity index (χ1n) is 7.35. The number of nitrogens with zero attached hydrogens (tertiary/aromatic N) is 3. The zero-order valence-corrected chi connectivity index (χ0v) is 13.2. The van der Waals surface area contributed by atoms with Crippen molar-refractivity contribution in [3.05, 3.63) is 46.5 Å². The van der Waals surface area contributed by atoms with E-state index in [4.69, 9.17) is 0 Å². The zero-order valence-electron chi connectivity index (χ0n) is 12.3. The summed E-state index contributed by atoms with van der Waals surface area (Å²) in [6.07, 6.45) is 1.57. The summed E-state index contributed by atoms with van der Waals surface area (Å²) >= 11 is 1.26. The Morgan fingerprint density at radius 3 is 3.00 bits per heavy atom. The fourth-order valence-electron chi connectivity index (χ4n) is 2.63. The van der Waals surface area contributed by atoms with Crippen LogP contribution in [0.2, 0.25) is 0 Å². The van der Waals surface area contributed by atoms with Crippen LogP contribution in [0.4, 0.5) is 8.78 Å². The maximum absolute atomic E-state index is 13.8. The summed E-state index contributed by atoms with van der Waals surface area (Å²) in [4.78, 5) is 14.1. The molecule has 3 rings (SSSR count). The van der Waals surface area contributed by atoms with Gasteiger partial charge in [0.2, 0.25) is 5.91 Å². The molecule has 1 atom stereocenters. The van der Waals surface area contributed by atoms with E-state index in [-0.39, 0.29) is 18.5 Å². The topological polar surface area (TPSA) is 58.1 Å². The summed E-state index contributed by atoms with van der Waals surface area (Å²) in [5.74, 6) is -1.31. The van der Waals surface area contributed by atoms with E-state index < -0.39 is 11.6 Å². The van der Waals surface area contributed by atoms with E-state index in [1.807, 2.05) is 5.38 Å². The Bertz CT molecular complexity index is 680. The summed E-state index contributed by atoms with van der Waals surface area (Å²) in [5, 5.41) is 8.93. The molecule has 2 aromatic rings. The lowest BCUT2D eigenvalue weighted by atomic mass is 10.0. The molecule has 1 unspecified atom stereocenters. The second-order valence-corrected chi connectivity index (χ2v) is 6.08. The van der Waals surface area contributed by atoms with Gasteiger partial charge >= 0.3 is 0 Å². The van der Waals surface area contributed by atoms with Crippen LogP contribution >= 0.6 is 11.5 Å². The Kier molecular flexibility index (Phi) is 4.92. The van der Waals surface area contributed by atoms with E-state index in [9.17, 15) is 13.6 Å². The molecule has 1 aliphatic heterocycles. The molecule has 122 valence electrons. The molecule has 1 N–H and O–H groups in total. The number of aromatic nitrogens is 2. The average molecular weight is 338 g/mol. The number of rotatable bonds is 5. The predicted molar refractivity (Wildman–Crippen MR) is 81.5 cm³/mol. The molecule has 0 bridgehead atoms. The fraction of sp³-hybridized carbons (Fsp3) is 0.400. The normalized spacial score (nSPS) is 18.4. The lowest BCUT2D eigenvalue weighted by Gasteiger charge is -2.32. The molecule has 0 spiro atoms. The first-order chi connectivity index (χ1) is 11.1. The highest BCUT2D eigenvalue weighted by molar-refractivity contribution is 7.03. The van der Waals surface area contributed by atoms with Crippen molar-refractivity contribution in [3.63, 3.8) is 0 Å². The van der Waals surface area contributed by atoms with Gasteiger partial charge in [-0.25, -0.2) is 8.78 Å². The minimum atomic E-state index is -0.624. The minimum Gasteiger partial charge on any atom is -0.337 e. The highest BCUT2D eigenvalue weighted by atomic mass is 32.1. The van der Waals surface area contributed by atoms with E-state index in [1.54, 1.807) is 4.90 Å². The zero-order chi connectivity index (χ0) is 16.2. The first-order valence-corrected chi connectivity index (χ1v) is 8.19. The molecule has 0 saturated carbocycles. The van der Waals surface area contributed by atoms with Gasteiger partial charge in [0.15, 0.2) is 0 Å². The SMILES string of the molecule is O=C1C(NCc2csnn2)CCCN1Cc1ccc(F)cc1F. The predicted octanol–water partition coefficient (Wildman–Crippen LogP) is 2.10. The standard InChI is InChI=1S/C15H16F2N4OS/c16-11-4-3-10(13(17)6-11)8-21-5-1-2-14(15(21)22)18-7-12-9-23-20-19-12/h3-4,6,9,14,18H,1-2,5,7-8H2. The lowest BCUT2D eigenvalue weighted by molar-refractivity contribution is -0.136. The van der Waals surface area contributed by atoms with Crippen molar-refractivity contribution in [1.29, 1.82) is 0 Å². The van der Waals surface area contributed by atoms with Crippen molar-refractivity contribution in [2.24, 2.45) is 0 Å². The van der Waals surface area contributed by atoms with Crippen molar-refractivity contribution >= 4 is 17.4 Å². The van der Waals surface area contributed by atoms with Gasteiger partial charge in [-0.05, 0) is 30.4 Å². The second kappa shape index (κ2) is 7.10. The van der Waals surface area contributed by atoms with Gasteiger partial charge in [-0.2, -0.15) is 0 Å². The van der Waals surface area contributed by atoms with E-state index >= 15 is 0 Å². The van der Waals surface area contributed by atoms with Crippen LogP contribution in [0.15, 0.2) is 23.6 Å². The van der Waals surface area contributed by atoms with Crippen LogP contribution < -0.4 is 5.32 Å². The van der Waals surface area contributed by atoms with Gasteiger partial charge in [0.1, 0.15) is 11.6 Å². The highest BCUT2D eigenvalue weighted by Crippen LogP contribution is 2.18. The van der Waals surface area contributed by atoms with Crippen molar-refractivity contribution in [2.75, 3.05) is 6.54 Å². The van der Waals surface area contributed by atoms with Crippen LogP contribution in [-0.2, 0) is 17.9 Å². The molecule has 1 aliphatic rings. The quantitative estimate of drug-likeness (QED) is 0.907. The van der Waals surface area contributed by atoms with E-state index in [0.29, 0.717) is 18.7 Å². The lowest BCUT2D eigenvalue weighted by Crippen LogP contribution is -2.50. The van der Waals surface area contributed by atoms with Crippen LogP contribution in [0, 0.1) is 11.6 Å². The van der Waals surface area contributed by atoms with Crippen LogP contribution in [0.3, 0.4) is 0 Å². The van der Waals surface area contributed by atoms with E-state index in [2.05, 4.69) is 14.9 Å². The molecule has 1 fully saturated rings. The summed E-state index contributed by atoms with van der Waals surface area (Å²) in [5.41, 5.74) is 1.12. The monoisotopic (exact) mass is 338 g/mol. The van der Waals surface area contributed by atoms with E-state index in [1.165, 1.54) is 23.7 Å². The number of nitrogens with one attached hydrogen (secondary N) is 1. The maximum Gasteiger partial charge on any atom is 0.240 e. The van der Waals surface area contributed by atoms with Crippen molar-refractivity contribution in [3.8, 4) is 0 Å². The minimum absolute atomic E-state index is 0.0665. The third-order valence-corrected chi connectivity index (χ3v) is 4.40. The van der Waals surface area contributed by atoms with Gasteiger partial charge in [-0.15, -0.1) is 5.10 Å². The number of carbonyl (C=O) groups is 1. The summed E-state index contributed by atoms with van der Waals surface area (Å²) in [6, 6.07) is 3.12. The van der Waals surface area contributed by atoms with Crippen LogP contribution in [0.1, 0.15) is 24.1 Å². The number of benzene rings is 1. The molecule has 23 heavy (non-hydrogen) atoms. The Morgan fingerprint density at radius 2 is 2.26 bits per heavy atom. The maximum atomic E-state index is 13.8. The Morgan fingerprint density at radius 1 is 1.39 bits per heavy atom. The fourth-order valence-corrected chi connectivity index (χ4v) is 3.08. The number of halogens is 2. The Hall–Kier alpha value is -1.93. The number of amides is 1. The molecular formula is C15H16F2N4OS. The molecule has 1 aromatic heterocycles. The largest absolute Gasteiger partial charge is 0.337 e. The smallest absolute Gasteiger partial charge is 0.240 e. The van der Waals surface area contributed by atoms with Gasteiger partial charge < -0.3 is 10.2 Å². The summed E-state index contributed by atoms with van der Waals surface area (Å²) in [6.45, 7) is 1.21. The molecule has 1 saturated heterocycles. The summed E-state index contributed by atoms with van der Waals surface area (Å²) in [7, 11) is 0. The first kappa shape index (κ1) is 15.9. The third kappa shape index (κ3) is 3.89. The molecule has 5 nitrogen and oxygen atoms in total. The van der Waals surface area contributed by atoms with Gasteiger partial charge in [-0.1, -0.05) is 10.6 Å². The highest BCUT2D eigenvalue weighted by Gasteiger charge is 2.28. The number of hydrogen-bond donors (Lipinski definition) is 1. The average Bonchev–Trinajstić information content (AvgIpc) is 3.04.